The van der Waals surface area contributed by atoms with Crippen LogP contribution in [0.2, 0.25) is 0 Å². The number of carbonyl (C=O) groups is 1. The quantitative estimate of drug-likeness (QED) is 0.338. The average molecular weight is 579 g/mol. The van der Waals surface area contributed by atoms with Crippen LogP contribution in [-0.2, 0) is 20.5 Å². The predicted octanol–water partition coefficient (Wildman–Crippen LogP) is 4.60. The Morgan fingerprint density at radius 3 is 2.41 bits per heavy atom. The van der Waals surface area contributed by atoms with E-state index in [9.17, 15) is 17.6 Å². The number of pyridine rings is 1. The minimum Gasteiger partial charge on any atom is -0.444 e. The van der Waals surface area contributed by atoms with Gasteiger partial charge in [-0.25, -0.2) is 31.5 Å². The number of anilines is 1. The first-order chi connectivity index (χ1) is 19.5. The first-order valence-electron chi connectivity index (χ1n) is 13.5. The Morgan fingerprint density at radius 2 is 1.76 bits per heavy atom. The van der Waals surface area contributed by atoms with Gasteiger partial charge in [0.2, 0.25) is 10.0 Å². The van der Waals surface area contributed by atoms with Crippen LogP contribution in [0.1, 0.15) is 39.2 Å². The van der Waals surface area contributed by atoms with Gasteiger partial charge in [0.25, 0.3) is 0 Å². The van der Waals surface area contributed by atoms with E-state index in [-0.39, 0.29) is 35.3 Å². The van der Waals surface area contributed by atoms with Crippen molar-refractivity contribution in [2.24, 2.45) is 0 Å². The van der Waals surface area contributed by atoms with E-state index in [0.717, 1.165) is 19.0 Å². The minimum absolute atomic E-state index is 0.0654. The lowest BCUT2D eigenvalue weighted by Gasteiger charge is -2.41. The Bertz CT molecular complexity index is 1710. The molecule has 2 aliphatic rings. The van der Waals surface area contributed by atoms with Gasteiger partial charge >= 0.3 is 6.09 Å². The number of ether oxygens (including phenoxy) is 1. The van der Waals surface area contributed by atoms with Crippen LogP contribution >= 0.6 is 0 Å². The van der Waals surface area contributed by atoms with Crippen LogP contribution in [-0.4, -0.2) is 69.1 Å². The van der Waals surface area contributed by atoms with Crippen molar-refractivity contribution in [1.29, 1.82) is 0 Å². The van der Waals surface area contributed by atoms with Crippen LogP contribution in [0.4, 0.5) is 15.0 Å². The number of piperazine rings is 1. The first-order valence-corrected chi connectivity index (χ1v) is 15.1. The van der Waals surface area contributed by atoms with Crippen molar-refractivity contribution in [2.45, 2.75) is 57.1 Å². The van der Waals surface area contributed by atoms with Crippen LogP contribution in [0.3, 0.4) is 0 Å². The number of hydrogen-bond donors (Lipinski definition) is 0. The number of amides is 1. The van der Waals surface area contributed by atoms with Crippen molar-refractivity contribution in [3.63, 3.8) is 0 Å². The molecule has 1 aromatic carbocycles. The summed E-state index contributed by atoms with van der Waals surface area (Å²) in [4.78, 5) is 29.8. The zero-order valence-corrected chi connectivity index (χ0v) is 23.9. The Hall–Kier alpha value is -4.06. The molecule has 10 nitrogen and oxygen atoms in total. The molecule has 41 heavy (non-hydrogen) atoms. The number of aromatic nitrogens is 4. The largest absolute Gasteiger partial charge is 0.444 e. The summed E-state index contributed by atoms with van der Waals surface area (Å²) >= 11 is 0. The lowest BCUT2D eigenvalue weighted by molar-refractivity contribution is 0.0123. The lowest BCUT2D eigenvalue weighted by atomic mass is 10.1. The summed E-state index contributed by atoms with van der Waals surface area (Å²) in [5.74, 6) is -0.290. The molecule has 2 saturated heterocycles. The van der Waals surface area contributed by atoms with Crippen LogP contribution in [0.5, 0.6) is 0 Å². The molecule has 2 fully saturated rings. The summed E-state index contributed by atoms with van der Waals surface area (Å²) in [5.41, 5.74) is 0.775. The Balaban J connectivity index is 1.42. The van der Waals surface area contributed by atoms with Crippen LogP contribution in [0, 0.1) is 5.82 Å². The van der Waals surface area contributed by atoms with Gasteiger partial charge in [-0.15, -0.1) is 0 Å². The number of fused-ring (bicyclic) bond motifs is 3. The van der Waals surface area contributed by atoms with E-state index in [2.05, 4.69) is 19.9 Å². The van der Waals surface area contributed by atoms with Crippen LogP contribution in [0.15, 0.2) is 61.2 Å². The van der Waals surface area contributed by atoms with Crippen molar-refractivity contribution in [3.05, 3.63) is 72.6 Å². The molecule has 0 N–H and O–H groups in total. The molecule has 0 aliphatic carbocycles. The maximum Gasteiger partial charge on any atom is 0.410 e. The number of nitrogens with zero attached hydrogens (tertiary/aromatic N) is 6. The van der Waals surface area contributed by atoms with Gasteiger partial charge < -0.3 is 9.64 Å². The van der Waals surface area contributed by atoms with Crippen molar-refractivity contribution >= 4 is 33.0 Å². The third kappa shape index (κ3) is 5.23. The number of rotatable bonds is 5. The Kier molecular flexibility index (Phi) is 6.68. The molecule has 1 amide bonds. The number of halogens is 1. The molecule has 2 atom stereocenters. The predicted molar refractivity (Wildman–Crippen MR) is 152 cm³/mol. The molecule has 12 heteroatoms. The molecule has 0 radical (unpaired) electrons. The van der Waals surface area contributed by atoms with Gasteiger partial charge in [-0.1, -0.05) is 30.3 Å². The zero-order valence-electron chi connectivity index (χ0n) is 23.1. The number of hydrogen-bond acceptors (Lipinski definition) is 8. The Morgan fingerprint density at radius 1 is 1.05 bits per heavy atom. The fourth-order valence-corrected chi connectivity index (χ4v) is 7.41. The summed E-state index contributed by atoms with van der Waals surface area (Å²) in [5, 5.41) is 0.522. The molecule has 2 bridgehead atoms. The summed E-state index contributed by atoms with van der Waals surface area (Å²) in [7, 11) is -3.99. The van der Waals surface area contributed by atoms with E-state index >= 15 is 0 Å². The second-order valence-corrected chi connectivity index (χ2v) is 13.4. The molecule has 2 aliphatic heterocycles. The van der Waals surface area contributed by atoms with Crippen LogP contribution in [0.25, 0.3) is 22.3 Å². The fraction of sp³-hybridized carbons (Fsp3) is 0.379. The SMILES string of the molecule is CC(C)(C)OC(=O)N1C2CCC1CN(c1ncnc3c1cc(-c1cncc(F)c1)n3S(=O)(=O)Cc1ccccc1)C2. The lowest BCUT2D eigenvalue weighted by Crippen LogP contribution is -2.57. The molecule has 0 saturated carbocycles. The molecule has 2 unspecified atom stereocenters. The Labute approximate surface area is 237 Å². The van der Waals surface area contributed by atoms with Crippen molar-refractivity contribution in [1.82, 2.24) is 23.8 Å². The third-order valence-electron chi connectivity index (χ3n) is 7.39. The van der Waals surface area contributed by atoms with Gasteiger partial charge in [0.05, 0.1) is 35.1 Å². The molecule has 5 heterocycles. The number of carbonyl (C=O) groups excluding carboxylic acids is 1. The normalized spacial score (nSPS) is 19.1. The monoisotopic (exact) mass is 578 g/mol. The second kappa shape index (κ2) is 10.1. The highest BCUT2D eigenvalue weighted by atomic mass is 32.2. The van der Waals surface area contributed by atoms with Gasteiger partial charge in [0.15, 0.2) is 5.65 Å². The van der Waals surface area contributed by atoms with E-state index in [1.807, 2.05) is 31.7 Å². The summed E-state index contributed by atoms with van der Waals surface area (Å²) in [6.45, 7) is 6.58. The summed E-state index contributed by atoms with van der Waals surface area (Å²) in [6.07, 6.45) is 5.19. The highest BCUT2D eigenvalue weighted by molar-refractivity contribution is 7.89. The number of benzene rings is 1. The van der Waals surface area contributed by atoms with E-state index in [0.29, 0.717) is 35.4 Å². The third-order valence-corrected chi connectivity index (χ3v) is 9.01. The molecular weight excluding hydrogens is 547 g/mol. The second-order valence-electron chi connectivity index (χ2n) is 11.5. The van der Waals surface area contributed by atoms with Gasteiger partial charge in [-0.2, -0.15) is 0 Å². The maximum atomic E-state index is 14.3. The topological polar surface area (TPSA) is 111 Å². The first kappa shape index (κ1) is 27.1. The molecule has 3 aromatic heterocycles. The van der Waals surface area contributed by atoms with Gasteiger partial charge in [0, 0.05) is 24.8 Å². The van der Waals surface area contributed by atoms with Gasteiger partial charge in [0.1, 0.15) is 23.6 Å². The molecule has 214 valence electrons. The van der Waals surface area contributed by atoms with Crippen molar-refractivity contribution < 1.29 is 22.3 Å². The summed E-state index contributed by atoms with van der Waals surface area (Å²) in [6, 6.07) is 11.7. The molecular formula is C29H31FN6O4S. The van der Waals surface area contributed by atoms with Crippen LogP contribution < -0.4 is 4.90 Å². The van der Waals surface area contributed by atoms with E-state index in [1.165, 1.54) is 22.6 Å². The summed E-state index contributed by atoms with van der Waals surface area (Å²) < 4.78 is 48.9. The van der Waals surface area contributed by atoms with Crippen molar-refractivity contribution in [2.75, 3.05) is 18.0 Å². The fourth-order valence-electron chi connectivity index (χ4n) is 5.80. The molecule has 0 spiro atoms. The van der Waals surface area contributed by atoms with Gasteiger partial charge in [-0.05, 0) is 51.3 Å². The maximum absolute atomic E-state index is 14.3. The highest BCUT2D eigenvalue weighted by Gasteiger charge is 2.45. The molecule has 4 aromatic rings. The highest BCUT2D eigenvalue weighted by Crippen LogP contribution is 2.38. The van der Waals surface area contributed by atoms with Gasteiger partial charge in [-0.3, -0.25) is 9.88 Å². The van der Waals surface area contributed by atoms with E-state index in [1.54, 1.807) is 30.3 Å². The average Bonchev–Trinajstić information content (AvgIpc) is 3.43. The standard InChI is InChI=1S/C29H31FN6O4S/c1-29(2,3)40-28(37)35-22-9-10-23(35)16-34(15-22)26-24-12-25(20-11-21(30)14-31-13-20)36(27(24)33-18-32-26)41(38,39)17-19-7-5-4-6-8-19/h4-8,11-14,18,22-23H,9-10,15-17H2,1-3H3. The minimum atomic E-state index is -3.99. The van der Waals surface area contributed by atoms with E-state index in [4.69, 9.17) is 4.74 Å². The van der Waals surface area contributed by atoms with Crippen molar-refractivity contribution in [3.8, 4) is 11.3 Å². The smallest absolute Gasteiger partial charge is 0.410 e. The molecule has 6 rings (SSSR count). The van der Waals surface area contributed by atoms with E-state index < -0.39 is 21.4 Å². The zero-order chi connectivity index (χ0) is 28.9.